The first-order valence-corrected chi connectivity index (χ1v) is 9.16. The lowest BCUT2D eigenvalue weighted by atomic mass is 9.97. The molecule has 5 rings (SSSR count). The Balaban J connectivity index is 1.50. The molecule has 4 aromatic rings. The number of benzene rings is 1. The number of thiazole rings is 1. The number of anilines is 1. The minimum Gasteiger partial charge on any atom is -0.442 e. The van der Waals surface area contributed by atoms with Crippen molar-refractivity contribution in [2.75, 3.05) is 5.32 Å². The third-order valence-electron chi connectivity index (χ3n) is 4.62. The van der Waals surface area contributed by atoms with E-state index in [1.54, 1.807) is 6.20 Å². The van der Waals surface area contributed by atoms with Crippen LogP contribution >= 0.6 is 11.3 Å². The fourth-order valence-corrected chi connectivity index (χ4v) is 4.43. The van der Waals surface area contributed by atoms with E-state index in [0.717, 1.165) is 47.2 Å². The van der Waals surface area contributed by atoms with E-state index in [-0.39, 0.29) is 6.04 Å². The van der Waals surface area contributed by atoms with Gasteiger partial charge in [-0.05, 0) is 37.5 Å². The van der Waals surface area contributed by atoms with Crippen LogP contribution < -0.4 is 5.32 Å². The van der Waals surface area contributed by atoms with Crippen LogP contribution in [0.2, 0.25) is 0 Å². The largest absolute Gasteiger partial charge is 0.442 e. The van der Waals surface area contributed by atoms with Gasteiger partial charge < -0.3 is 9.73 Å². The first-order chi connectivity index (χ1) is 12.8. The van der Waals surface area contributed by atoms with Gasteiger partial charge in [-0.1, -0.05) is 0 Å². The molecule has 0 fully saturated rings. The van der Waals surface area contributed by atoms with Gasteiger partial charge in [0.1, 0.15) is 11.8 Å². The number of H-pyrrole nitrogens is 1. The Hall–Kier alpha value is -3.18. The zero-order chi connectivity index (χ0) is 17.5. The molecular weight excluding hydrogens is 348 g/mol. The molecule has 8 heteroatoms. The van der Waals surface area contributed by atoms with Gasteiger partial charge in [0.2, 0.25) is 0 Å². The van der Waals surface area contributed by atoms with Crippen molar-refractivity contribution in [1.29, 1.82) is 5.26 Å². The van der Waals surface area contributed by atoms with Crippen LogP contribution in [-0.4, -0.2) is 20.2 Å². The van der Waals surface area contributed by atoms with Gasteiger partial charge >= 0.3 is 0 Å². The number of aromatic amines is 1. The molecule has 0 bridgehead atoms. The Labute approximate surface area is 152 Å². The van der Waals surface area contributed by atoms with Crippen LogP contribution in [0.4, 0.5) is 5.69 Å². The van der Waals surface area contributed by atoms with Crippen LogP contribution in [0.1, 0.15) is 34.5 Å². The molecule has 7 nitrogen and oxygen atoms in total. The van der Waals surface area contributed by atoms with E-state index < -0.39 is 0 Å². The standard InChI is InChI=1S/C18H14N6OS/c19-7-16-22-14-3-1-2-13(18(14)26-16)21-10-4-5-12-11(6-10)17(24-23-12)15-8-20-9-25-15/h4-6,8-9,13,21H,1-3H2,(H,23,24)/t13-/m1/s1. The number of fused-ring (bicyclic) bond motifs is 2. The van der Waals surface area contributed by atoms with E-state index in [4.69, 9.17) is 9.68 Å². The molecule has 1 aliphatic rings. The van der Waals surface area contributed by atoms with Crippen molar-refractivity contribution in [3.8, 4) is 17.5 Å². The zero-order valence-corrected chi connectivity index (χ0v) is 14.5. The average molecular weight is 362 g/mol. The van der Waals surface area contributed by atoms with Crippen molar-refractivity contribution in [2.45, 2.75) is 25.3 Å². The third-order valence-corrected chi connectivity index (χ3v) is 5.73. The van der Waals surface area contributed by atoms with Gasteiger partial charge in [-0.2, -0.15) is 10.4 Å². The summed E-state index contributed by atoms with van der Waals surface area (Å²) in [6.45, 7) is 0. The molecule has 1 aliphatic carbocycles. The molecule has 3 heterocycles. The van der Waals surface area contributed by atoms with Crippen LogP contribution in [0.3, 0.4) is 0 Å². The van der Waals surface area contributed by atoms with Crippen molar-refractivity contribution in [2.24, 2.45) is 0 Å². The summed E-state index contributed by atoms with van der Waals surface area (Å²) in [5, 5.41) is 21.6. The lowest BCUT2D eigenvalue weighted by Gasteiger charge is -2.23. The topological polar surface area (TPSA) is 103 Å². The fraction of sp³-hybridized carbons (Fsp3) is 0.222. The first-order valence-electron chi connectivity index (χ1n) is 8.35. The van der Waals surface area contributed by atoms with Crippen molar-refractivity contribution in [3.63, 3.8) is 0 Å². The SMILES string of the molecule is N#Cc1nc2c(s1)[C@H](Nc1ccc3[nH]nc(-c4cnco4)c3c1)CCC2. The summed E-state index contributed by atoms with van der Waals surface area (Å²) in [6.07, 6.45) is 6.10. The summed E-state index contributed by atoms with van der Waals surface area (Å²) >= 11 is 1.49. The minimum atomic E-state index is 0.177. The summed E-state index contributed by atoms with van der Waals surface area (Å²) in [7, 11) is 0. The minimum absolute atomic E-state index is 0.177. The second kappa shape index (κ2) is 5.97. The number of oxazole rings is 1. The van der Waals surface area contributed by atoms with Gasteiger partial charge in [0.25, 0.3) is 0 Å². The van der Waals surface area contributed by atoms with Crippen molar-refractivity contribution >= 4 is 27.9 Å². The molecule has 1 atom stereocenters. The van der Waals surface area contributed by atoms with E-state index in [1.807, 2.05) is 12.1 Å². The molecule has 0 saturated heterocycles. The van der Waals surface area contributed by atoms with Gasteiger partial charge in [0.15, 0.2) is 17.2 Å². The van der Waals surface area contributed by atoms with Crippen LogP contribution in [0.15, 0.2) is 35.2 Å². The maximum Gasteiger partial charge on any atom is 0.194 e. The Morgan fingerprint density at radius 2 is 2.35 bits per heavy atom. The second-order valence-corrected chi connectivity index (χ2v) is 7.26. The van der Waals surface area contributed by atoms with Gasteiger partial charge in [-0.15, -0.1) is 11.3 Å². The van der Waals surface area contributed by atoms with Gasteiger partial charge in [-0.25, -0.2) is 9.97 Å². The third kappa shape index (κ3) is 2.45. The maximum atomic E-state index is 9.13. The molecule has 0 amide bonds. The van der Waals surface area contributed by atoms with Crippen LogP contribution in [0, 0.1) is 11.3 Å². The molecule has 26 heavy (non-hydrogen) atoms. The number of rotatable bonds is 3. The molecule has 2 N–H and O–H groups in total. The second-order valence-electron chi connectivity index (χ2n) is 6.23. The summed E-state index contributed by atoms with van der Waals surface area (Å²) in [5.41, 5.74) is 3.75. The molecule has 0 radical (unpaired) electrons. The molecule has 3 aromatic heterocycles. The van der Waals surface area contributed by atoms with Crippen LogP contribution in [-0.2, 0) is 6.42 Å². The first kappa shape index (κ1) is 15.1. The summed E-state index contributed by atoms with van der Waals surface area (Å²) < 4.78 is 5.39. The Morgan fingerprint density at radius 1 is 1.38 bits per heavy atom. The number of nitrogens with zero attached hydrogens (tertiary/aromatic N) is 4. The average Bonchev–Trinajstić information content (AvgIpc) is 3.40. The monoisotopic (exact) mass is 362 g/mol. The highest BCUT2D eigenvalue weighted by Gasteiger charge is 2.25. The Kier molecular flexibility index (Phi) is 3.47. The summed E-state index contributed by atoms with van der Waals surface area (Å²) in [5.74, 6) is 0.634. The van der Waals surface area contributed by atoms with E-state index in [1.165, 1.54) is 22.6 Å². The molecule has 0 aliphatic heterocycles. The lowest BCUT2D eigenvalue weighted by molar-refractivity contribution is 0.570. The van der Waals surface area contributed by atoms with Gasteiger partial charge in [0.05, 0.1) is 28.3 Å². The van der Waals surface area contributed by atoms with Crippen molar-refractivity contribution < 1.29 is 4.42 Å². The molecule has 128 valence electrons. The van der Waals surface area contributed by atoms with Crippen molar-refractivity contribution in [1.82, 2.24) is 20.2 Å². The smallest absolute Gasteiger partial charge is 0.194 e. The van der Waals surface area contributed by atoms with E-state index >= 15 is 0 Å². The highest BCUT2D eigenvalue weighted by Crippen LogP contribution is 2.37. The fourth-order valence-electron chi connectivity index (χ4n) is 3.43. The summed E-state index contributed by atoms with van der Waals surface area (Å²) in [6, 6.07) is 8.44. The normalized spacial score (nSPS) is 16.3. The van der Waals surface area contributed by atoms with Crippen molar-refractivity contribution in [3.05, 3.63) is 46.4 Å². The van der Waals surface area contributed by atoms with E-state index in [0.29, 0.717) is 10.8 Å². The summed E-state index contributed by atoms with van der Waals surface area (Å²) in [4.78, 5) is 9.58. The maximum absolute atomic E-state index is 9.13. The van der Waals surface area contributed by atoms with Gasteiger partial charge in [-0.3, -0.25) is 5.10 Å². The van der Waals surface area contributed by atoms with Gasteiger partial charge in [0, 0.05) is 11.1 Å². The molecular formula is C18H14N6OS. The Bertz CT molecular complexity index is 1120. The molecule has 1 aromatic carbocycles. The highest BCUT2D eigenvalue weighted by molar-refractivity contribution is 7.12. The van der Waals surface area contributed by atoms with Crippen LogP contribution in [0.5, 0.6) is 0 Å². The zero-order valence-electron chi connectivity index (χ0n) is 13.7. The Morgan fingerprint density at radius 3 is 3.19 bits per heavy atom. The number of aromatic nitrogens is 4. The quantitative estimate of drug-likeness (QED) is 0.570. The number of hydrogen-bond donors (Lipinski definition) is 2. The number of hydrogen-bond acceptors (Lipinski definition) is 7. The number of nitriles is 1. The number of nitrogens with one attached hydrogen (secondary N) is 2. The predicted octanol–water partition coefficient (Wildman–Crippen LogP) is 4.04. The number of aryl methyl sites for hydroxylation is 1. The molecule has 0 spiro atoms. The van der Waals surface area contributed by atoms with E-state index in [2.05, 4.69) is 37.6 Å². The highest BCUT2D eigenvalue weighted by atomic mass is 32.1. The van der Waals surface area contributed by atoms with Crippen LogP contribution in [0.25, 0.3) is 22.4 Å². The predicted molar refractivity (Wildman–Crippen MR) is 97.7 cm³/mol. The van der Waals surface area contributed by atoms with E-state index in [9.17, 15) is 0 Å². The lowest BCUT2D eigenvalue weighted by Crippen LogP contribution is -2.15. The molecule has 0 unspecified atom stereocenters. The molecule has 0 saturated carbocycles.